The number of hydrogen-bond donors (Lipinski definition) is 2. The Morgan fingerprint density at radius 2 is 2.25 bits per heavy atom. The van der Waals surface area contributed by atoms with Crippen molar-refractivity contribution in [2.75, 3.05) is 19.7 Å². The summed E-state index contributed by atoms with van der Waals surface area (Å²) in [5.74, 6) is -0.213. The van der Waals surface area contributed by atoms with E-state index in [9.17, 15) is 18.0 Å². The molecule has 2 heterocycles. The van der Waals surface area contributed by atoms with Crippen molar-refractivity contribution in [3.05, 3.63) is 23.9 Å². The summed E-state index contributed by atoms with van der Waals surface area (Å²) in [6.07, 6.45) is -3.05. The van der Waals surface area contributed by atoms with Crippen molar-refractivity contribution in [3.63, 3.8) is 0 Å². The number of aromatic nitrogens is 1. The van der Waals surface area contributed by atoms with Crippen LogP contribution in [0.15, 0.2) is 18.3 Å². The summed E-state index contributed by atoms with van der Waals surface area (Å²) in [5, 5.41) is 5.70. The molecule has 0 aliphatic carbocycles. The average molecular weight is 289 g/mol. The molecule has 0 spiro atoms. The molecule has 0 saturated carbocycles. The maximum Gasteiger partial charge on any atom is 0.422 e. The van der Waals surface area contributed by atoms with Crippen molar-refractivity contribution < 1.29 is 22.7 Å². The van der Waals surface area contributed by atoms with Crippen LogP contribution >= 0.6 is 0 Å². The van der Waals surface area contributed by atoms with Crippen LogP contribution in [0.25, 0.3) is 0 Å². The molecular formula is C12H14F3N3O2. The highest BCUT2D eigenvalue weighted by Crippen LogP contribution is 2.17. The highest BCUT2D eigenvalue weighted by molar-refractivity contribution is 5.79. The number of alkyl halides is 3. The fraction of sp³-hybridized carbons (Fsp3) is 0.500. The summed E-state index contributed by atoms with van der Waals surface area (Å²) < 4.78 is 40.6. The molecule has 5 nitrogen and oxygen atoms in total. The van der Waals surface area contributed by atoms with E-state index in [4.69, 9.17) is 0 Å². The smallest absolute Gasteiger partial charge is 0.422 e. The van der Waals surface area contributed by atoms with Crippen molar-refractivity contribution in [2.45, 2.75) is 12.7 Å². The largest absolute Gasteiger partial charge is 0.468 e. The Morgan fingerprint density at radius 3 is 2.85 bits per heavy atom. The van der Waals surface area contributed by atoms with Gasteiger partial charge in [0, 0.05) is 31.9 Å². The van der Waals surface area contributed by atoms with Crippen LogP contribution < -0.4 is 15.4 Å². The maximum absolute atomic E-state index is 12.0. The number of amides is 1. The molecule has 1 saturated heterocycles. The van der Waals surface area contributed by atoms with Gasteiger partial charge in [-0.3, -0.25) is 4.79 Å². The number of hydrogen-bond acceptors (Lipinski definition) is 4. The molecule has 8 heteroatoms. The number of rotatable bonds is 5. The van der Waals surface area contributed by atoms with Gasteiger partial charge in [-0.1, -0.05) is 0 Å². The Balaban J connectivity index is 1.84. The molecule has 1 aromatic rings. The zero-order valence-corrected chi connectivity index (χ0v) is 10.5. The summed E-state index contributed by atoms with van der Waals surface area (Å²) in [5.41, 5.74) is 0.637. The van der Waals surface area contributed by atoms with Crippen LogP contribution in [0.2, 0.25) is 0 Å². The molecule has 110 valence electrons. The topological polar surface area (TPSA) is 63.2 Å². The van der Waals surface area contributed by atoms with Crippen LogP contribution in [-0.4, -0.2) is 36.8 Å². The number of ether oxygens (including phenoxy) is 1. The molecule has 0 bridgehead atoms. The van der Waals surface area contributed by atoms with Crippen LogP contribution in [0.1, 0.15) is 5.56 Å². The molecule has 20 heavy (non-hydrogen) atoms. The van der Waals surface area contributed by atoms with Gasteiger partial charge in [0.25, 0.3) is 0 Å². The summed E-state index contributed by atoms with van der Waals surface area (Å²) in [6, 6.07) is 2.99. The number of pyridine rings is 1. The van der Waals surface area contributed by atoms with Crippen molar-refractivity contribution >= 4 is 5.91 Å². The van der Waals surface area contributed by atoms with Crippen molar-refractivity contribution in [1.82, 2.24) is 15.6 Å². The molecule has 0 aromatic carbocycles. The lowest BCUT2D eigenvalue weighted by Crippen LogP contribution is -2.50. The summed E-state index contributed by atoms with van der Waals surface area (Å²) in [7, 11) is 0. The first-order valence-corrected chi connectivity index (χ1v) is 6.07. The van der Waals surface area contributed by atoms with Crippen LogP contribution in [0.4, 0.5) is 13.2 Å². The highest BCUT2D eigenvalue weighted by Gasteiger charge is 2.28. The minimum absolute atomic E-state index is 0.0298. The third-order valence-electron chi connectivity index (χ3n) is 2.80. The van der Waals surface area contributed by atoms with Gasteiger partial charge < -0.3 is 15.4 Å². The SMILES string of the molecule is O=C(NCc1ccnc(OCC(F)(F)F)c1)C1CNC1. The van der Waals surface area contributed by atoms with Crippen molar-refractivity contribution in [3.8, 4) is 5.88 Å². The lowest BCUT2D eigenvalue weighted by Gasteiger charge is -2.25. The first kappa shape index (κ1) is 14.6. The Bertz CT molecular complexity index is 475. The van der Waals surface area contributed by atoms with E-state index in [1.54, 1.807) is 6.07 Å². The number of carbonyl (C=O) groups is 1. The molecule has 1 fully saturated rings. The number of nitrogens with one attached hydrogen (secondary N) is 2. The number of carbonyl (C=O) groups excluding carboxylic acids is 1. The van der Waals surface area contributed by atoms with Crippen molar-refractivity contribution in [1.29, 1.82) is 0 Å². The first-order chi connectivity index (χ1) is 9.44. The number of halogens is 3. The predicted octanol–water partition coefficient (Wildman–Crippen LogP) is 0.858. The van der Waals surface area contributed by atoms with Gasteiger partial charge in [0.05, 0.1) is 5.92 Å². The summed E-state index contributed by atoms with van der Waals surface area (Å²) >= 11 is 0. The third-order valence-corrected chi connectivity index (χ3v) is 2.80. The van der Waals surface area contributed by atoms with E-state index >= 15 is 0 Å². The average Bonchev–Trinajstić information content (AvgIpc) is 2.31. The molecule has 2 rings (SSSR count). The van der Waals surface area contributed by atoms with Gasteiger partial charge in [0.15, 0.2) is 6.61 Å². The molecule has 1 aromatic heterocycles. The molecule has 0 unspecified atom stereocenters. The Morgan fingerprint density at radius 1 is 1.50 bits per heavy atom. The van der Waals surface area contributed by atoms with E-state index in [1.807, 2.05) is 0 Å². The zero-order chi connectivity index (χ0) is 14.6. The minimum atomic E-state index is -4.40. The van der Waals surface area contributed by atoms with Gasteiger partial charge in [0.1, 0.15) is 0 Å². The normalized spacial score (nSPS) is 15.6. The fourth-order valence-corrected chi connectivity index (χ4v) is 1.60. The Labute approximate surface area is 113 Å². The van der Waals surface area contributed by atoms with Crippen LogP contribution in [-0.2, 0) is 11.3 Å². The fourth-order valence-electron chi connectivity index (χ4n) is 1.60. The van der Waals surface area contributed by atoms with Gasteiger partial charge >= 0.3 is 6.18 Å². The van der Waals surface area contributed by atoms with Gasteiger partial charge in [0.2, 0.25) is 11.8 Å². The molecule has 1 aliphatic heterocycles. The van der Waals surface area contributed by atoms with E-state index in [2.05, 4.69) is 20.4 Å². The number of nitrogens with zero attached hydrogens (tertiary/aromatic N) is 1. The van der Waals surface area contributed by atoms with Crippen molar-refractivity contribution in [2.24, 2.45) is 5.92 Å². The van der Waals surface area contributed by atoms with E-state index in [0.717, 1.165) is 0 Å². The van der Waals surface area contributed by atoms with E-state index < -0.39 is 12.8 Å². The second-order valence-electron chi connectivity index (χ2n) is 4.48. The quantitative estimate of drug-likeness (QED) is 0.844. The van der Waals surface area contributed by atoms with Crippen LogP contribution in [0, 0.1) is 5.92 Å². The molecule has 0 atom stereocenters. The maximum atomic E-state index is 12.0. The monoisotopic (exact) mass is 289 g/mol. The summed E-state index contributed by atoms with van der Waals surface area (Å²) in [6.45, 7) is 0.161. The van der Waals surface area contributed by atoms with E-state index in [-0.39, 0.29) is 24.2 Å². The van der Waals surface area contributed by atoms with Gasteiger partial charge in [-0.05, 0) is 11.6 Å². The summed E-state index contributed by atoms with van der Waals surface area (Å²) in [4.78, 5) is 15.3. The lowest BCUT2D eigenvalue weighted by atomic mass is 10.0. The Kier molecular flexibility index (Phi) is 4.43. The zero-order valence-electron chi connectivity index (χ0n) is 10.5. The standard InChI is InChI=1S/C12H14F3N3O2/c13-12(14,15)7-20-10-3-8(1-2-17-10)4-18-11(19)9-5-16-6-9/h1-3,9,16H,4-7H2,(H,18,19). The molecule has 0 radical (unpaired) electrons. The molecule has 1 amide bonds. The minimum Gasteiger partial charge on any atom is -0.468 e. The molecule has 1 aliphatic rings. The Hall–Kier alpha value is -1.83. The molecular weight excluding hydrogens is 275 g/mol. The van der Waals surface area contributed by atoms with Gasteiger partial charge in [-0.15, -0.1) is 0 Å². The third kappa shape index (κ3) is 4.37. The second-order valence-corrected chi connectivity index (χ2v) is 4.48. The second kappa shape index (κ2) is 6.08. The van der Waals surface area contributed by atoms with E-state index in [1.165, 1.54) is 12.3 Å². The predicted molar refractivity (Wildman–Crippen MR) is 64.0 cm³/mol. The van der Waals surface area contributed by atoms with Gasteiger partial charge in [-0.25, -0.2) is 4.98 Å². The van der Waals surface area contributed by atoms with E-state index in [0.29, 0.717) is 18.7 Å². The highest BCUT2D eigenvalue weighted by atomic mass is 19.4. The van der Waals surface area contributed by atoms with Crippen LogP contribution in [0.5, 0.6) is 5.88 Å². The van der Waals surface area contributed by atoms with Gasteiger partial charge in [-0.2, -0.15) is 13.2 Å². The molecule has 2 N–H and O–H groups in total. The lowest BCUT2D eigenvalue weighted by molar-refractivity contribution is -0.154. The van der Waals surface area contributed by atoms with Crippen LogP contribution in [0.3, 0.4) is 0 Å². The first-order valence-electron chi connectivity index (χ1n) is 6.07.